The summed E-state index contributed by atoms with van der Waals surface area (Å²) in [5.41, 5.74) is 5.96. The highest BCUT2D eigenvalue weighted by atomic mass is 16.2. The molecule has 0 spiro atoms. The van der Waals surface area contributed by atoms with Crippen molar-refractivity contribution in [1.82, 2.24) is 0 Å². The van der Waals surface area contributed by atoms with Crippen LogP contribution in [0.15, 0.2) is 42.5 Å². The molecule has 1 unspecified atom stereocenters. The Labute approximate surface area is 131 Å². The number of carbonyl (C=O) groups excluding carboxylic acids is 1. The molecular formula is C18H20BNO2. The number of hydrogen-bond acceptors (Lipinski definition) is 2. The van der Waals surface area contributed by atoms with E-state index in [2.05, 4.69) is 41.7 Å². The van der Waals surface area contributed by atoms with Crippen LogP contribution in [0.2, 0.25) is 13.1 Å². The standard InChI is InChI=1S/C18H20BNO2/c1-12(11-19(2)22)18(21)20-15-7-8-17-14(10-15)9-13-5-3-4-6-16(13)17/h3-8,10,12,22H,9,11H2,1-2H3,(H,20,21). The fourth-order valence-corrected chi connectivity index (χ4v) is 3.11. The van der Waals surface area contributed by atoms with Crippen molar-refractivity contribution in [3.05, 3.63) is 53.6 Å². The Hall–Kier alpha value is -2.07. The average molecular weight is 293 g/mol. The predicted molar refractivity (Wildman–Crippen MR) is 91.1 cm³/mol. The fraction of sp³-hybridized carbons (Fsp3) is 0.278. The molecule has 0 fully saturated rings. The van der Waals surface area contributed by atoms with Crippen molar-refractivity contribution in [2.75, 3.05) is 5.32 Å². The van der Waals surface area contributed by atoms with Crippen LogP contribution in [0, 0.1) is 5.92 Å². The summed E-state index contributed by atoms with van der Waals surface area (Å²) in [4.78, 5) is 12.1. The van der Waals surface area contributed by atoms with Gasteiger partial charge in [0.2, 0.25) is 5.91 Å². The van der Waals surface area contributed by atoms with E-state index in [0.717, 1.165) is 12.1 Å². The molecule has 0 radical (unpaired) electrons. The van der Waals surface area contributed by atoms with E-state index < -0.39 is 6.92 Å². The van der Waals surface area contributed by atoms with Crippen LogP contribution in [0.3, 0.4) is 0 Å². The molecule has 112 valence electrons. The van der Waals surface area contributed by atoms with Gasteiger partial charge in [-0.05, 0) is 47.1 Å². The summed E-state index contributed by atoms with van der Waals surface area (Å²) in [5.74, 6) is -0.248. The van der Waals surface area contributed by atoms with E-state index in [9.17, 15) is 9.82 Å². The molecule has 0 bridgehead atoms. The smallest absolute Gasteiger partial charge is 0.286 e. The summed E-state index contributed by atoms with van der Waals surface area (Å²) >= 11 is 0. The van der Waals surface area contributed by atoms with Crippen molar-refractivity contribution in [2.45, 2.75) is 26.5 Å². The number of nitrogens with one attached hydrogen (secondary N) is 1. The third kappa shape index (κ3) is 2.92. The number of benzene rings is 2. The monoisotopic (exact) mass is 293 g/mol. The van der Waals surface area contributed by atoms with Crippen molar-refractivity contribution in [3.8, 4) is 11.1 Å². The molecular weight excluding hydrogens is 273 g/mol. The maximum Gasteiger partial charge on any atom is 0.286 e. The Balaban J connectivity index is 1.76. The molecule has 1 aliphatic rings. The van der Waals surface area contributed by atoms with Crippen molar-refractivity contribution >= 4 is 18.5 Å². The van der Waals surface area contributed by atoms with Crippen LogP contribution in [0.4, 0.5) is 5.69 Å². The molecule has 0 aliphatic heterocycles. The van der Waals surface area contributed by atoms with Crippen LogP contribution in [0.5, 0.6) is 0 Å². The van der Waals surface area contributed by atoms with Crippen molar-refractivity contribution < 1.29 is 9.82 Å². The van der Waals surface area contributed by atoms with E-state index in [1.165, 1.54) is 22.3 Å². The topological polar surface area (TPSA) is 49.3 Å². The molecule has 2 aromatic rings. The largest absolute Gasteiger partial charge is 0.451 e. The summed E-state index contributed by atoms with van der Waals surface area (Å²) in [6, 6.07) is 14.5. The van der Waals surface area contributed by atoms with Crippen LogP contribution >= 0.6 is 0 Å². The second-order valence-electron chi connectivity index (χ2n) is 6.18. The van der Waals surface area contributed by atoms with Crippen molar-refractivity contribution in [3.63, 3.8) is 0 Å². The van der Waals surface area contributed by atoms with Gasteiger partial charge in [-0.3, -0.25) is 4.79 Å². The molecule has 1 atom stereocenters. The molecule has 4 heteroatoms. The number of amides is 1. The summed E-state index contributed by atoms with van der Waals surface area (Å²) in [5, 5.41) is 12.3. The predicted octanol–water partition coefficient (Wildman–Crippen LogP) is 3.45. The number of hydrogen-bond donors (Lipinski definition) is 2. The van der Waals surface area contributed by atoms with E-state index >= 15 is 0 Å². The molecule has 22 heavy (non-hydrogen) atoms. The Morgan fingerprint density at radius 3 is 2.73 bits per heavy atom. The minimum absolute atomic E-state index is 0.0450. The van der Waals surface area contributed by atoms with Crippen LogP contribution < -0.4 is 5.32 Å². The van der Waals surface area contributed by atoms with E-state index in [-0.39, 0.29) is 11.8 Å². The maximum atomic E-state index is 12.1. The van der Waals surface area contributed by atoms with Gasteiger partial charge in [-0.25, -0.2) is 0 Å². The lowest BCUT2D eigenvalue weighted by atomic mass is 9.64. The van der Waals surface area contributed by atoms with Gasteiger partial charge in [0.05, 0.1) is 0 Å². The lowest BCUT2D eigenvalue weighted by molar-refractivity contribution is -0.118. The van der Waals surface area contributed by atoms with E-state index in [0.29, 0.717) is 6.32 Å². The third-order valence-corrected chi connectivity index (χ3v) is 4.20. The van der Waals surface area contributed by atoms with Gasteiger partial charge < -0.3 is 10.3 Å². The van der Waals surface area contributed by atoms with Crippen LogP contribution in [-0.2, 0) is 11.2 Å². The zero-order valence-electron chi connectivity index (χ0n) is 13.0. The second kappa shape index (κ2) is 5.97. The Morgan fingerprint density at radius 1 is 1.23 bits per heavy atom. The van der Waals surface area contributed by atoms with Gasteiger partial charge in [0.25, 0.3) is 6.92 Å². The van der Waals surface area contributed by atoms with Crippen molar-refractivity contribution in [1.29, 1.82) is 0 Å². The van der Waals surface area contributed by atoms with Crippen LogP contribution in [-0.4, -0.2) is 17.8 Å². The Kier molecular flexibility index (Phi) is 4.03. The van der Waals surface area contributed by atoms with Gasteiger partial charge in [0, 0.05) is 11.6 Å². The molecule has 2 aromatic carbocycles. The van der Waals surface area contributed by atoms with Crippen molar-refractivity contribution in [2.24, 2.45) is 5.92 Å². The molecule has 1 amide bonds. The lowest BCUT2D eigenvalue weighted by Crippen LogP contribution is -2.24. The summed E-state index contributed by atoms with van der Waals surface area (Å²) in [7, 11) is 0. The number of anilines is 1. The average Bonchev–Trinajstić information content (AvgIpc) is 2.84. The first kappa shape index (κ1) is 14.9. The van der Waals surface area contributed by atoms with Gasteiger partial charge in [0.15, 0.2) is 0 Å². The van der Waals surface area contributed by atoms with Gasteiger partial charge in [-0.15, -0.1) is 0 Å². The minimum Gasteiger partial charge on any atom is -0.451 e. The number of fused-ring (bicyclic) bond motifs is 3. The normalized spacial score (nSPS) is 13.2. The summed E-state index contributed by atoms with van der Waals surface area (Å²) in [6.45, 7) is 3.08. The Bertz CT molecular complexity index is 712. The number of rotatable bonds is 4. The van der Waals surface area contributed by atoms with Gasteiger partial charge >= 0.3 is 0 Å². The molecule has 0 aromatic heterocycles. The quantitative estimate of drug-likeness (QED) is 0.724. The van der Waals surface area contributed by atoms with E-state index in [1.54, 1.807) is 6.82 Å². The zero-order chi connectivity index (χ0) is 15.7. The van der Waals surface area contributed by atoms with Gasteiger partial charge in [0.1, 0.15) is 0 Å². The Morgan fingerprint density at radius 2 is 1.95 bits per heavy atom. The molecule has 1 aliphatic carbocycles. The molecule has 0 heterocycles. The molecule has 0 saturated carbocycles. The zero-order valence-corrected chi connectivity index (χ0v) is 13.0. The van der Waals surface area contributed by atoms with Gasteiger partial charge in [-0.2, -0.15) is 0 Å². The SMILES string of the molecule is CB(O)CC(C)C(=O)Nc1ccc2c(c1)Cc1ccccc1-2. The minimum atomic E-state index is -0.463. The van der Waals surface area contributed by atoms with E-state index in [4.69, 9.17) is 0 Å². The first-order valence-corrected chi connectivity index (χ1v) is 7.74. The number of carbonyl (C=O) groups is 1. The summed E-state index contributed by atoms with van der Waals surface area (Å²) < 4.78 is 0. The summed E-state index contributed by atoms with van der Waals surface area (Å²) in [6.07, 6.45) is 1.39. The highest BCUT2D eigenvalue weighted by molar-refractivity contribution is 6.49. The molecule has 0 saturated heterocycles. The van der Waals surface area contributed by atoms with Gasteiger partial charge in [-0.1, -0.05) is 44.1 Å². The highest BCUT2D eigenvalue weighted by Crippen LogP contribution is 2.37. The maximum absolute atomic E-state index is 12.1. The van der Waals surface area contributed by atoms with Crippen LogP contribution in [0.25, 0.3) is 11.1 Å². The molecule has 3 nitrogen and oxygen atoms in total. The second-order valence-corrected chi connectivity index (χ2v) is 6.18. The molecule has 2 N–H and O–H groups in total. The molecule has 3 rings (SSSR count). The first-order chi connectivity index (χ1) is 10.5. The lowest BCUT2D eigenvalue weighted by Gasteiger charge is -2.13. The van der Waals surface area contributed by atoms with Crippen LogP contribution in [0.1, 0.15) is 18.1 Å². The fourth-order valence-electron chi connectivity index (χ4n) is 3.11. The third-order valence-electron chi connectivity index (χ3n) is 4.20. The van der Waals surface area contributed by atoms with E-state index in [1.807, 2.05) is 13.0 Å². The highest BCUT2D eigenvalue weighted by Gasteiger charge is 2.20. The first-order valence-electron chi connectivity index (χ1n) is 7.74.